The lowest BCUT2D eigenvalue weighted by Gasteiger charge is -2.34. The molecule has 0 bridgehead atoms. The molecule has 6 nitrogen and oxygen atoms in total. The summed E-state index contributed by atoms with van der Waals surface area (Å²) in [6, 6.07) is 23.8. The minimum Gasteiger partial charge on any atom is -0.378 e. The standard InChI is InChI=1S/C25H27N5O/c1-28(2)20-13-9-18(10-14-20)17-26-30-24(19-11-15-21(16-12-19)29(3)4)27-23-8-6-5-7-22(23)25(30)31/h5-17,24,27H,1-4H3/b26-17-/t24-/m0/s1. The molecule has 1 aliphatic heterocycles. The van der Waals surface area contributed by atoms with Gasteiger partial charge in [-0.2, -0.15) is 5.10 Å². The van der Waals surface area contributed by atoms with Crippen LogP contribution in [0.1, 0.15) is 27.7 Å². The molecular weight excluding hydrogens is 386 g/mol. The summed E-state index contributed by atoms with van der Waals surface area (Å²) in [5.41, 5.74) is 5.54. The maximum Gasteiger partial charge on any atom is 0.278 e. The maximum atomic E-state index is 13.3. The first-order valence-corrected chi connectivity index (χ1v) is 10.2. The third-order valence-electron chi connectivity index (χ3n) is 5.37. The van der Waals surface area contributed by atoms with E-state index in [9.17, 15) is 4.79 Å². The van der Waals surface area contributed by atoms with Crippen molar-refractivity contribution in [3.63, 3.8) is 0 Å². The molecule has 31 heavy (non-hydrogen) atoms. The van der Waals surface area contributed by atoms with Crippen LogP contribution < -0.4 is 15.1 Å². The number of hydrogen-bond acceptors (Lipinski definition) is 5. The third kappa shape index (κ3) is 4.23. The normalized spacial score (nSPS) is 15.5. The molecule has 6 heteroatoms. The summed E-state index contributed by atoms with van der Waals surface area (Å²) in [5, 5.41) is 9.59. The van der Waals surface area contributed by atoms with E-state index >= 15 is 0 Å². The molecule has 0 unspecified atom stereocenters. The summed E-state index contributed by atoms with van der Waals surface area (Å²) < 4.78 is 0. The summed E-state index contributed by atoms with van der Waals surface area (Å²) in [7, 11) is 8.02. The Balaban J connectivity index is 1.68. The highest BCUT2D eigenvalue weighted by molar-refractivity contribution is 6.02. The van der Waals surface area contributed by atoms with E-state index in [-0.39, 0.29) is 5.91 Å². The predicted molar refractivity (Wildman–Crippen MR) is 128 cm³/mol. The van der Waals surface area contributed by atoms with E-state index in [0.29, 0.717) is 5.56 Å². The molecule has 1 atom stereocenters. The number of rotatable bonds is 5. The number of para-hydroxylation sites is 1. The molecule has 0 aliphatic carbocycles. The lowest BCUT2D eigenvalue weighted by atomic mass is 10.0. The molecule has 0 radical (unpaired) electrons. The van der Waals surface area contributed by atoms with E-state index in [2.05, 4.69) is 10.4 Å². The van der Waals surface area contributed by atoms with Crippen molar-refractivity contribution in [2.75, 3.05) is 43.3 Å². The average molecular weight is 414 g/mol. The molecule has 1 aliphatic rings. The van der Waals surface area contributed by atoms with Gasteiger partial charge in [0.25, 0.3) is 5.91 Å². The number of benzene rings is 3. The quantitative estimate of drug-likeness (QED) is 0.629. The number of amides is 1. The van der Waals surface area contributed by atoms with Gasteiger partial charge in [-0.1, -0.05) is 36.4 Å². The zero-order valence-corrected chi connectivity index (χ0v) is 18.3. The summed E-state index contributed by atoms with van der Waals surface area (Å²) in [6.45, 7) is 0. The fourth-order valence-corrected chi connectivity index (χ4v) is 3.53. The molecule has 3 aromatic rings. The molecule has 0 aromatic heterocycles. The second kappa shape index (κ2) is 8.52. The van der Waals surface area contributed by atoms with Crippen LogP contribution in [0.25, 0.3) is 0 Å². The van der Waals surface area contributed by atoms with Crippen LogP contribution in [-0.2, 0) is 0 Å². The fourth-order valence-electron chi connectivity index (χ4n) is 3.53. The molecule has 1 amide bonds. The number of hydrogen-bond donors (Lipinski definition) is 1. The van der Waals surface area contributed by atoms with Gasteiger partial charge in [0.05, 0.1) is 11.8 Å². The summed E-state index contributed by atoms with van der Waals surface area (Å²) in [6.07, 6.45) is 1.34. The molecule has 0 fully saturated rings. The minimum absolute atomic E-state index is 0.128. The van der Waals surface area contributed by atoms with Crippen LogP contribution in [0, 0.1) is 0 Å². The zero-order chi connectivity index (χ0) is 22.0. The van der Waals surface area contributed by atoms with Gasteiger partial charge < -0.3 is 15.1 Å². The molecule has 1 N–H and O–H groups in total. The summed E-state index contributed by atoms with van der Waals surface area (Å²) in [5.74, 6) is -0.128. The van der Waals surface area contributed by atoms with E-state index < -0.39 is 6.17 Å². The number of nitrogens with zero attached hydrogens (tertiary/aromatic N) is 4. The van der Waals surface area contributed by atoms with Crippen molar-refractivity contribution in [2.24, 2.45) is 5.10 Å². The zero-order valence-electron chi connectivity index (χ0n) is 18.3. The van der Waals surface area contributed by atoms with Crippen LogP contribution in [-0.4, -0.2) is 45.3 Å². The topological polar surface area (TPSA) is 51.2 Å². The smallest absolute Gasteiger partial charge is 0.278 e. The Kier molecular flexibility index (Phi) is 5.62. The van der Waals surface area contributed by atoms with E-state index in [1.165, 1.54) is 5.01 Å². The summed E-state index contributed by atoms with van der Waals surface area (Å²) >= 11 is 0. The van der Waals surface area contributed by atoms with Crippen molar-refractivity contribution in [3.05, 3.63) is 89.5 Å². The first-order valence-electron chi connectivity index (χ1n) is 10.2. The summed E-state index contributed by atoms with van der Waals surface area (Å²) in [4.78, 5) is 17.4. The molecule has 158 valence electrons. The molecule has 3 aromatic carbocycles. The Morgan fingerprint density at radius 3 is 2.03 bits per heavy atom. The van der Waals surface area contributed by atoms with E-state index in [4.69, 9.17) is 0 Å². The predicted octanol–water partition coefficient (Wildman–Crippen LogP) is 4.42. The van der Waals surface area contributed by atoms with Crippen LogP contribution in [0.5, 0.6) is 0 Å². The molecule has 0 saturated carbocycles. The van der Waals surface area contributed by atoms with Gasteiger partial charge in [0.15, 0.2) is 6.17 Å². The number of anilines is 3. The fraction of sp³-hybridized carbons (Fsp3) is 0.200. The number of hydrazone groups is 1. The Labute approximate surface area is 183 Å². The number of carbonyl (C=O) groups is 1. The second-order valence-corrected chi connectivity index (χ2v) is 7.96. The van der Waals surface area contributed by atoms with Gasteiger partial charge in [-0.05, 0) is 47.5 Å². The average Bonchev–Trinajstić information content (AvgIpc) is 2.78. The van der Waals surface area contributed by atoms with Crippen LogP contribution >= 0.6 is 0 Å². The number of fused-ring (bicyclic) bond motifs is 1. The van der Waals surface area contributed by atoms with Crippen molar-refractivity contribution in [1.82, 2.24) is 5.01 Å². The molecule has 0 spiro atoms. The largest absolute Gasteiger partial charge is 0.378 e. The molecule has 1 heterocycles. The maximum absolute atomic E-state index is 13.3. The Morgan fingerprint density at radius 2 is 1.42 bits per heavy atom. The lowest BCUT2D eigenvalue weighted by molar-refractivity contribution is 0.0691. The van der Waals surface area contributed by atoms with Crippen molar-refractivity contribution >= 4 is 29.2 Å². The van der Waals surface area contributed by atoms with Crippen LogP contribution in [0.15, 0.2) is 77.9 Å². The van der Waals surface area contributed by atoms with Crippen molar-refractivity contribution in [2.45, 2.75) is 6.17 Å². The van der Waals surface area contributed by atoms with Crippen molar-refractivity contribution in [1.29, 1.82) is 0 Å². The monoisotopic (exact) mass is 413 g/mol. The van der Waals surface area contributed by atoms with Crippen molar-refractivity contribution in [3.8, 4) is 0 Å². The van der Waals surface area contributed by atoms with Crippen molar-refractivity contribution < 1.29 is 4.79 Å². The first-order chi connectivity index (χ1) is 14.9. The molecule has 4 rings (SSSR count). The lowest BCUT2D eigenvalue weighted by Crippen LogP contribution is -2.39. The highest BCUT2D eigenvalue weighted by Gasteiger charge is 2.32. The van der Waals surface area contributed by atoms with Crippen LogP contribution in [0.4, 0.5) is 17.1 Å². The molecular formula is C25H27N5O. The SMILES string of the molecule is CN(C)c1ccc(/C=N\N2C(=O)c3ccccc3N[C@@H]2c2ccc(N(C)C)cc2)cc1. The van der Waals surface area contributed by atoms with E-state index in [0.717, 1.165) is 28.2 Å². The van der Waals surface area contributed by atoms with Crippen LogP contribution in [0.2, 0.25) is 0 Å². The van der Waals surface area contributed by atoms with Gasteiger partial charge in [-0.15, -0.1) is 0 Å². The van der Waals surface area contributed by atoms with Crippen LogP contribution in [0.3, 0.4) is 0 Å². The first kappa shape index (κ1) is 20.5. The van der Waals surface area contributed by atoms with Gasteiger partial charge >= 0.3 is 0 Å². The number of carbonyl (C=O) groups excluding carboxylic acids is 1. The van der Waals surface area contributed by atoms with Gasteiger partial charge in [0, 0.05) is 45.3 Å². The Morgan fingerprint density at radius 1 is 0.839 bits per heavy atom. The Hall–Kier alpha value is -3.80. The molecule has 0 saturated heterocycles. The third-order valence-corrected chi connectivity index (χ3v) is 5.37. The van der Waals surface area contributed by atoms with Gasteiger partial charge in [0.2, 0.25) is 0 Å². The number of nitrogens with one attached hydrogen (secondary N) is 1. The van der Waals surface area contributed by atoms with Gasteiger partial charge in [-0.25, -0.2) is 5.01 Å². The second-order valence-electron chi connectivity index (χ2n) is 7.96. The Bertz CT molecular complexity index is 1090. The van der Waals surface area contributed by atoms with Gasteiger partial charge in [-0.3, -0.25) is 4.79 Å². The van der Waals surface area contributed by atoms with E-state index in [1.54, 1.807) is 6.21 Å². The minimum atomic E-state index is -0.393. The highest BCUT2D eigenvalue weighted by Crippen LogP contribution is 2.33. The van der Waals surface area contributed by atoms with E-state index in [1.807, 2.05) is 111 Å². The van der Waals surface area contributed by atoms with Gasteiger partial charge in [0.1, 0.15) is 0 Å². The highest BCUT2D eigenvalue weighted by atomic mass is 16.2.